The molecule has 6 heteroatoms. The number of primary amides is 1. The Balaban J connectivity index is 1.44. The van der Waals surface area contributed by atoms with Crippen molar-refractivity contribution in [2.45, 2.75) is 18.9 Å². The molecule has 0 saturated carbocycles. The lowest BCUT2D eigenvalue weighted by Crippen LogP contribution is -2.46. The molecule has 2 aromatic rings. The van der Waals surface area contributed by atoms with Crippen molar-refractivity contribution in [3.8, 4) is 5.75 Å². The number of phenols is 1. The van der Waals surface area contributed by atoms with Crippen LogP contribution in [-0.2, 0) is 0 Å². The second-order valence-corrected chi connectivity index (χ2v) is 6.96. The van der Waals surface area contributed by atoms with Crippen molar-refractivity contribution >= 4 is 11.6 Å². The van der Waals surface area contributed by atoms with Crippen molar-refractivity contribution in [3.63, 3.8) is 0 Å². The number of hydrogen-bond acceptors (Lipinski definition) is 5. The van der Waals surface area contributed by atoms with Gasteiger partial charge >= 0.3 is 0 Å². The Morgan fingerprint density at radius 3 is 2.44 bits per heavy atom. The first-order valence-electron chi connectivity index (χ1n) is 9.37. The number of aliphatic hydroxyl groups is 1. The van der Waals surface area contributed by atoms with E-state index in [4.69, 9.17) is 5.73 Å². The number of hydrogen-bond donors (Lipinski definition) is 3. The summed E-state index contributed by atoms with van der Waals surface area (Å²) in [6.07, 6.45) is 0.788. The Hall–Kier alpha value is -2.57. The van der Waals surface area contributed by atoms with Gasteiger partial charge in [0, 0.05) is 31.9 Å². The molecule has 1 atom stereocenters. The van der Waals surface area contributed by atoms with Crippen molar-refractivity contribution in [3.05, 3.63) is 59.7 Å². The Kier molecular flexibility index (Phi) is 6.32. The van der Waals surface area contributed by atoms with Crippen LogP contribution in [0.4, 0.5) is 5.69 Å². The minimum absolute atomic E-state index is 0.0450. The number of piperazine rings is 1. The van der Waals surface area contributed by atoms with Crippen molar-refractivity contribution in [1.29, 1.82) is 0 Å². The fourth-order valence-electron chi connectivity index (χ4n) is 3.50. The average molecular weight is 369 g/mol. The van der Waals surface area contributed by atoms with Crippen LogP contribution < -0.4 is 10.6 Å². The van der Waals surface area contributed by atoms with Gasteiger partial charge < -0.3 is 20.8 Å². The van der Waals surface area contributed by atoms with Gasteiger partial charge in [0.25, 0.3) is 5.91 Å². The fraction of sp³-hybridized carbons (Fsp3) is 0.381. The summed E-state index contributed by atoms with van der Waals surface area (Å²) in [4.78, 5) is 16.1. The quantitative estimate of drug-likeness (QED) is 0.696. The number of nitrogens with two attached hydrogens (primary N) is 1. The van der Waals surface area contributed by atoms with E-state index in [-0.39, 0.29) is 11.3 Å². The number of aliphatic hydroxyl groups excluding tert-OH is 1. The molecule has 1 amide bonds. The molecule has 0 aliphatic carbocycles. The zero-order valence-electron chi connectivity index (χ0n) is 15.4. The first-order valence-corrected chi connectivity index (χ1v) is 9.37. The normalized spacial score (nSPS) is 16.3. The van der Waals surface area contributed by atoms with Crippen molar-refractivity contribution in [2.75, 3.05) is 37.6 Å². The van der Waals surface area contributed by atoms with Gasteiger partial charge in [-0.1, -0.05) is 24.3 Å². The van der Waals surface area contributed by atoms with Crippen LogP contribution in [0.1, 0.15) is 34.9 Å². The third-order valence-electron chi connectivity index (χ3n) is 5.12. The van der Waals surface area contributed by atoms with Crippen LogP contribution in [0.3, 0.4) is 0 Å². The van der Waals surface area contributed by atoms with E-state index in [0.29, 0.717) is 12.0 Å². The Morgan fingerprint density at radius 1 is 1.07 bits per heavy atom. The fourth-order valence-corrected chi connectivity index (χ4v) is 3.50. The molecular weight excluding hydrogens is 342 g/mol. The molecule has 1 unspecified atom stereocenters. The van der Waals surface area contributed by atoms with Gasteiger partial charge in [0.05, 0.1) is 11.7 Å². The molecule has 0 spiro atoms. The number of nitrogens with zero attached hydrogens (tertiary/aromatic N) is 2. The summed E-state index contributed by atoms with van der Waals surface area (Å²) >= 11 is 0. The van der Waals surface area contributed by atoms with E-state index in [9.17, 15) is 15.0 Å². The number of carbonyl (C=O) groups excluding carboxylic acids is 1. The van der Waals surface area contributed by atoms with Gasteiger partial charge in [0.1, 0.15) is 5.75 Å². The van der Waals surface area contributed by atoms with Crippen molar-refractivity contribution in [1.82, 2.24) is 4.90 Å². The summed E-state index contributed by atoms with van der Waals surface area (Å²) < 4.78 is 0. The summed E-state index contributed by atoms with van der Waals surface area (Å²) in [7, 11) is 0. The highest BCUT2D eigenvalue weighted by atomic mass is 16.3. The molecule has 1 saturated heterocycles. The lowest BCUT2D eigenvalue weighted by Gasteiger charge is -2.36. The Bertz CT molecular complexity index is 759. The zero-order valence-corrected chi connectivity index (χ0v) is 15.4. The topological polar surface area (TPSA) is 90.0 Å². The van der Waals surface area contributed by atoms with Gasteiger partial charge in [0.2, 0.25) is 0 Å². The van der Waals surface area contributed by atoms with Gasteiger partial charge in [-0.15, -0.1) is 0 Å². The molecule has 2 aromatic carbocycles. The van der Waals surface area contributed by atoms with E-state index < -0.39 is 12.0 Å². The Labute approximate surface area is 159 Å². The van der Waals surface area contributed by atoms with Gasteiger partial charge in [-0.3, -0.25) is 9.69 Å². The molecule has 6 nitrogen and oxygen atoms in total. The van der Waals surface area contributed by atoms with Crippen LogP contribution in [0, 0.1) is 0 Å². The molecule has 144 valence electrons. The van der Waals surface area contributed by atoms with E-state index >= 15 is 0 Å². The summed E-state index contributed by atoms with van der Waals surface area (Å²) in [5.41, 5.74) is 7.16. The lowest BCUT2D eigenvalue weighted by atomic mass is 10.0. The van der Waals surface area contributed by atoms with Gasteiger partial charge in [0.15, 0.2) is 0 Å². The molecule has 27 heavy (non-hydrogen) atoms. The van der Waals surface area contributed by atoms with Crippen molar-refractivity contribution in [2.24, 2.45) is 5.73 Å². The molecule has 0 aromatic heterocycles. The van der Waals surface area contributed by atoms with E-state index in [2.05, 4.69) is 34.1 Å². The largest absolute Gasteiger partial charge is 0.507 e. The molecule has 4 N–H and O–H groups in total. The minimum atomic E-state index is -0.696. The third kappa shape index (κ3) is 4.99. The first kappa shape index (κ1) is 19.2. The monoisotopic (exact) mass is 369 g/mol. The van der Waals surface area contributed by atoms with Crippen LogP contribution in [0.15, 0.2) is 48.5 Å². The van der Waals surface area contributed by atoms with Crippen LogP contribution in [0.25, 0.3) is 0 Å². The van der Waals surface area contributed by atoms with Gasteiger partial charge in [-0.25, -0.2) is 0 Å². The minimum Gasteiger partial charge on any atom is -0.507 e. The number of anilines is 1. The van der Waals surface area contributed by atoms with E-state index in [1.54, 1.807) is 6.07 Å². The van der Waals surface area contributed by atoms with E-state index in [0.717, 1.165) is 39.1 Å². The zero-order chi connectivity index (χ0) is 19.2. The average Bonchev–Trinajstić information content (AvgIpc) is 2.69. The van der Waals surface area contributed by atoms with E-state index in [1.807, 2.05) is 6.07 Å². The number of carbonyl (C=O) groups is 1. The smallest absolute Gasteiger partial charge is 0.252 e. The predicted octanol–water partition coefficient (Wildman–Crippen LogP) is 2.13. The molecular formula is C21H27N3O3. The molecule has 1 heterocycles. The molecule has 1 aliphatic heterocycles. The molecule has 3 rings (SSSR count). The number of para-hydroxylation sites is 1. The SMILES string of the molecule is NC(=O)c1cc(C(O)CCCN2CCN(c3ccccc3)CC2)ccc1O. The molecule has 0 bridgehead atoms. The third-order valence-corrected chi connectivity index (χ3v) is 5.12. The summed E-state index contributed by atoms with van der Waals surface area (Å²) in [6.45, 7) is 4.96. The summed E-state index contributed by atoms with van der Waals surface area (Å²) in [6, 6.07) is 15.0. The molecule has 0 radical (unpaired) electrons. The maximum absolute atomic E-state index is 11.3. The summed E-state index contributed by atoms with van der Waals surface area (Å²) in [5.74, 6) is -0.854. The number of amides is 1. The Morgan fingerprint density at radius 2 is 1.78 bits per heavy atom. The van der Waals surface area contributed by atoms with Crippen LogP contribution in [0.5, 0.6) is 5.75 Å². The second-order valence-electron chi connectivity index (χ2n) is 6.96. The van der Waals surface area contributed by atoms with Crippen LogP contribution in [0.2, 0.25) is 0 Å². The maximum atomic E-state index is 11.3. The lowest BCUT2D eigenvalue weighted by molar-refractivity contribution is 0.0997. The maximum Gasteiger partial charge on any atom is 0.252 e. The highest BCUT2D eigenvalue weighted by Crippen LogP contribution is 2.25. The second kappa shape index (κ2) is 8.88. The molecule has 1 aliphatic rings. The molecule has 1 fully saturated rings. The first-order chi connectivity index (χ1) is 13.0. The highest BCUT2D eigenvalue weighted by Gasteiger charge is 2.18. The predicted molar refractivity (Wildman–Crippen MR) is 106 cm³/mol. The van der Waals surface area contributed by atoms with Crippen LogP contribution >= 0.6 is 0 Å². The number of rotatable bonds is 7. The van der Waals surface area contributed by atoms with Gasteiger partial charge in [-0.2, -0.15) is 0 Å². The van der Waals surface area contributed by atoms with Gasteiger partial charge in [-0.05, 0) is 49.2 Å². The number of benzene rings is 2. The van der Waals surface area contributed by atoms with Crippen molar-refractivity contribution < 1.29 is 15.0 Å². The van der Waals surface area contributed by atoms with Crippen LogP contribution in [-0.4, -0.2) is 53.7 Å². The van der Waals surface area contributed by atoms with E-state index in [1.165, 1.54) is 17.8 Å². The number of aromatic hydroxyl groups is 1. The summed E-state index contributed by atoms with van der Waals surface area (Å²) in [5, 5.41) is 20.0. The standard InChI is InChI=1S/C21H27N3O3/c22-21(27)18-15-16(8-9-20(18)26)19(25)7-4-10-23-11-13-24(14-12-23)17-5-2-1-3-6-17/h1-3,5-6,8-9,15,19,25-26H,4,7,10-14H2,(H2,22,27). The highest BCUT2D eigenvalue weighted by molar-refractivity contribution is 5.95.